The number of H-pyrrole nitrogens is 1. The summed E-state index contributed by atoms with van der Waals surface area (Å²) in [6.45, 7) is 0.975. The van der Waals surface area contributed by atoms with Crippen LogP contribution in [0.3, 0.4) is 0 Å². The van der Waals surface area contributed by atoms with Gasteiger partial charge >= 0.3 is 0 Å². The van der Waals surface area contributed by atoms with Crippen LogP contribution in [0.1, 0.15) is 21.5 Å². The average Bonchev–Trinajstić information content (AvgIpc) is 3.55. The minimum Gasteiger partial charge on any atom is -0.330 e. The number of carbonyl (C=O) groups excluding carboxylic acids is 1. The highest BCUT2D eigenvalue weighted by molar-refractivity contribution is 5.99. The molecule has 0 radical (unpaired) electrons. The van der Waals surface area contributed by atoms with Crippen molar-refractivity contribution in [3.8, 4) is 22.4 Å². The topological polar surface area (TPSA) is 66.3 Å². The fraction of sp³-hybridized carbons (Fsp3) is 0.0800. The Hall–Kier alpha value is -4.26. The SMILES string of the molecule is O=C1c2ccc(-c3cnc4ccc(-c5cn[nH]c5)cn34)cc2CN1Cc1ccc(F)cc1. The molecule has 0 fully saturated rings. The summed E-state index contributed by atoms with van der Waals surface area (Å²) in [5.74, 6) is -0.283. The predicted octanol–water partition coefficient (Wildman–Crippen LogP) is 4.69. The van der Waals surface area contributed by atoms with E-state index in [9.17, 15) is 9.18 Å². The second kappa shape index (κ2) is 7.16. The zero-order valence-corrected chi connectivity index (χ0v) is 17.0. The normalized spacial score (nSPS) is 13.2. The van der Waals surface area contributed by atoms with Crippen LogP contribution in [0, 0.1) is 5.82 Å². The molecule has 156 valence electrons. The molecule has 0 saturated heterocycles. The van der Waals surface area contributed by atoms with Gasteiger partial charge in [0.1, 0.15) is 11.5 Å². The van der Waals surface area contributed by atoms with Crippen molar-refractivity contribution in [2.24, 2.45) is 0 Å². The van der Waals surface area contributed by atoms with Crippen molar-refractivity contribution in [2.45, 2.75) is 13.1 Å². The molecule has 0 bridgehead atoms. The third kappa shape index (κ3) is 3.06. The van der Waals surface area contributed by atoms with E-state index < -0.39 is 0 Å². The van der Waals surface area contributed by atoms with Gasteiger partial charge in [0.25, 0.3) is 5.91 Å². The number of rotatable bonds is 4. The highest BCUT2D eigenvalue weighted by Crippen LogP contribution is 2.31. The molecular weight excluding hydrogens is 405 g/mol. The van der Waals surface area contributed by atoms with Crippen LogP contribution in [-0.2, 0) is 13.1 Å². The van der Waals surface area contributed by atoms with Gasteiger partial charge in [-0.2, -0.15) is 5.10 Å². The summed E-state index contributed by atoms with van der Waals surface area (Å²) in [5, 5.41) is 6.87. The second-order valence-corrected chi connectivity index (χ2v) is 7.94. The van der Waals surface area contributed by atoms with Crippen molar-refractivity contribution in [3.05, 3.63) is 102 Å². The van der Waals surface area contributed by atoms with Gasteiger partial charge in [0, 0.05) is 47.7 Å². The van der Waals surface area contributed by atoms with Crippen molar-refractivity contribution in [2.75, 3.05) is 0 Å². The highest BCUT2D eigenvalue weighted by atomic mass is 19.1. The standard InChI is InChI=1S/C25H18FN5O/c26-21-5-1-16(2-6-21)13-30-14-19-9-17(3-7-22(19)25(30)32)23-12-27-24-8-4-18(15-31(23)24)20-10-28-29-11-20/h1-12,15H,13-14H2,(H,28,29). The van der Waals surface area contributed by atoms with Crippen LogP contribution >= 0.6 is 0 Å². The molecule has 1 N–H and O–H groups in total. The van der Waals surface area contributed by atoms with E-state index in [4.69, 9.17) is 0 Å². The van der Waals surface area contributed by atoms with Gasteiger partial charge in [0.2, 0.25) is 0 Å². The molecule has 0 spiro atoms. The van der Waals surface area contributed by atoms with Crippen LogP contribution in [0.2, 0.25) is 0 Å². The Morgan fingerprint density at radius 2 is 1.81 bits per heavy atom. The van der Waals surface area contributed by atoms with E-state index in [-0.39, 0.29) is 11.7 Å². The van der Waals surface area contributed by atoms with Gasteiger partial charge in [0.05, 0.1) is 18.1 Å². The molecule has 6 nitrogen and oxygen atoms in total. The molecule has 1 amide bonds. The molecule has 6 rings (SSSR count). The van der Waals surface area contributed by atoms with Gasteiger partial charge in [0.15, 0.2) is 0 Å². The quantitative estimate of drug-likeness (QED) is 0.456. The smallest absolute Gasteiger partial charge is 0.254 e. The molecule has 3 aromatic heterocycles. The number of nitrogens with one attached hydrogen (secondary N) is 1. The summed E-state index contributed by atoms with van der Waals surface area (Å²) in [4.78, 5) is 19.2. The first-order valence-electron chi connectivity index (χ1n) is 10.3. The van der Waals surface area contributed by atoms with Crippen molar-refractivity contribution < 1.29 is 9.18 Å². The summed E-state index contributed by atoms with van der Waals surface area (Å²) >= 11 is 0. The summed E-state index contributed by atoms with van der Waals surface area (Å²) in [6.07, 6.45) is 7.54. The van der Waals surface area contributed by atoms with Crippen LogP contribution < -0.4 is 0 Å². The first-order chi connectivity index (χ1) is 15.7. The van der Waals surface area contributed by atoms with Gasteiger partial charge in [-0.1, -0.05) is 18.2 Å². The minimum atomic E-state index is -0.279. The number of fused-ring (bicyclic) bond motifs is 2. The molecule has 4 heterocycles. The van der Waals surface area contributed by atoms with Crippen molar-refractivity contribution in [3.63, 3.8) is 0 Å². The predicted molar refractivity (Wildman–Crippen MR) is 118 cm³/mol. The molecule has 32 heavy (non-hydrogen) atoms. The third-order valence-electron chi connectivity index (χ3n) is 5.90. The number of aromatic amines is 1. The average molecular weight is 423 g/mol. The Morgan fingerprint density at radius 1 is 0.969 bits per heavy atom. The Morgan fingerprint density at radius 3 is 2.62 bits per heavy atom. The molecule has 1 aliphatic rings. The molecule has 5 aromatic rings. The lowest BCUT2D eigenvalue weighted by Crippen LogP contribution is -2.23. The molecule has 1 aliphatic heterocycles. The zero-order chi connectivity index (χ0) is 21.7. The van der Waals surface area contributed by atoms with E-state index in [1.165, 1.54) is 12.1 Å². The summed E-state index contributed by atoms with van der Waals surface area (Å²) < 4.78 is 15.2. The maximum Gasteiger partial charge on any atom is 0.254 e. The number of halogens is 1. The number of nitrogens with zero attached hydrogens (tertiary/aromatic N) is 4. The van der Waals surface area contributed by atoms with Crippen LogP contribution in [0.25, 0.3) is 28.0 Å². The van der Waals surface area contributed by atoms with E-state index in [1.54, 1.807) is 23.2 Å². The van der Waals surface area contributed by atoms with Crippen LogP contribution in [0.15, 0.2) is 79.4 Å². The molecule has 0 saturated carbocycles. The van der Waals surface area contributed by atoms with Gasteiger partial charge in [-0.15, -0.1) is 0 Å². The number of aromatic nitrogens is 4. The monoisotopic (exact) mass is 423 g/mol. The summed E-state index contributed by atoms with van der Waals surface area (Å²) in [5.41, 5.74) is 7.44. The zero-order valence-electron chi connectivity index (χ0n) is 17.0. The van der Waals surface area contributed by atoms with E-state index in [1.807, 2.05) is 42.9 Å². The lowest BCUT2D eigenvalue weighted by Gasteiger charge is -2.15. The molecule has 0 atom stereocenters. The minimum absolute atomic E-state index is 0.00346. The number of hydrogen-bond donors (Lipinski definition) is 1. The largest absolute Gasteiger partial charge is 0.330 e. The van der Waals surface area contributed by atoms with Gasteiger partial charge in [-0.05, 0) is 47.5 Å². The molecule has 0 aliphatic carbocycles. The van der Waals surface area contributed by atoms with Crippen molar-refractivity contribution >= 4 is 11.6 Å². The first-order valence-corrected chi connectivity index (χ1v) is 10.3. The number of hydrogen-bond acceptors (Lipinski definition) is 3. The maximum atomic E-state index is 13.2. The van der Waals surface area contributed by atoms with Crippen molar-refractivity contribution in [1.82, 2.24) is 24.5 Å². The number of imidazole rings is 1. The lowest BCUT2D eigenvalue weighted by molar-refractivity contribution is 0.0766. The van der Waals surface area contributed by atoms with Gasteiger partial charge < -0.3 is 4.90 Å². The third-order valence-corrected chi connectivity index (χ3v) is 5.90. The first kappa shape index (κ1) is 18.5. The van der Waals surface area contributed by atoms with Gasteiger partial charge in [-0.25, -0.2) is 9.37 Å². The van der Waals surface area contributed by atoms with Crippen LogP contribution in [-0.4, -0.2) is 30.4 Å². The maximum absolute atomic E-state index is 13.2. The molecule has 0 unspecified atom stereocenters. The second-order valence-electron chi connectivity index (χ2n) is 7.94. The van der Waals surface area contributed by atoms with E-state index in [0.717, 1.165) is 39.2 Å². The fourth-order valence-corrected chi connectivity index (χ4v) is 4.25. The van der Waals surface area contributed by atoms with Crippen LogP contribution in [0.4, 0.5) is 4.39 Å². The van der Waals surface area contributed by atoms with E-state index in [0.29, 0.717) is 18.7 Å². The summed E-state index contributed by atoms with van der Waals surface area (Å²) in [6, 6.07) is 16.2. The lowest BCUT2D eigenvalue weighted by atomic mass is 10.0. The van der Waals surface area contributed by atoms with E-state index in [2.05, 4.69) is 25.6 Å². The number of benzene rings is 2. The fourth-order valence-electron chi connectivity index (χ4n) is 4.25. The number of carbonyl (C=O) groups is 1. The Labute approximate surface area is 183 Å². The molecule has 7 heteroatoms. The number of amides is 1. The van der Waals surface area contributed by atoms with Crippen molar-refractivity contribution in [1.29, 1.82) is 0 Å². The molecular formula is C25H18FN5O. The van der Waals surface area contributed by atoms with E-state index >= 15 is 0 Å². The molecule has 2 aromatic carbocycles. The Kier molecular flexibility index (Phi) is 4.14. The Bertz CT molecular complexity index is 1450. The Balaban J connectivity index is 1.33. The summed E-state index contributed by atoms with van der Waals surface area (Å²) in [7, 11) is 0. The van der Waals surface area contributed by atoms with Crippen LogP contribution in [0.5, 0.6) is 0 Å². The highest BCUT2D eigenvalue weighted by Gasteiger charge is 2.27. The number of pyridine rings is 1. The van der Waals surface area contributed by atoms with Gasteiger partial charge in [-0.3, -0.25) is 14.3 Å².